The number of anilines is 1. The average Bonchev–Trinajstić information content (AvgIpc) is 2.99. The second kappa shape index (κ2) is 6.24. The van der Waals surface area contributed by atoms with Crippen LogP contribution in [0.25, 0.3) is 0 Å². The van der Waals surface area contributed by atoms with Crippen molar-refractivity contribution in [1.82, 2.24) is 9.88 Å². The average molecular weight is 310 g/mol. The number of hydrogen-bond donors (Lipinski definition) is 1. The maximum atomic E-state index is 12.5. The minimum absolute atomic E-state index is 0.0152. The highest BCUT2D eigenvalue weighted by atomic mass is 35.5. The van der Waals surface area contributed by atoms with E-state index in [1.54, 1.807) is 42.5 Å². The van der Waals surface area contributed by atoms with Gasteiger partial charge in [0.25, 0.3) is 5.91 Å². The monoisotopic (exact) mass is 309 g/mol. The van der Waals surface area contributed by atoms with Crippen LogP contribution in [-0.4, -0.2) is 29.9 Å². The molecule has 20 heavy (non-hydrogen) atoms. The molecule has 0 aliphatic rings. The molecule has 0 bridgehead atoms. The van der Waals surface area contributed by atoms with Crippen LogP contribution >= 0.6 is 22.9 Å². The van der Waals surface area contributed by atoms with Gasteiger partial charge in [-0.25, -0.2) is 4.98 Å². The highest BCUT2D eigenvalue weighted by Gasteiger charge is 2.23. The van der Waals surface area contributed by atoms with E-state index in [2.05, 4.69) is 10.3 Å². The van der Waals surface area contributed by atoms with Gasteiger partial charge in [0.15, 0.2) is 0 Å². The molecule has 2 aromatic rings. The van der Waals surface area contributed by atoms with Crippen LogP contribution in [-0.2, 0) is 0 Å². The number of rotatable bonds is 4. The minimum atomic E-state index is -0.187. The van der Waals surface area contributed by atoms with Gasteiger partial charge in [-0.2, -0.15) is 0 Å². The summed E-state index contributed by atoms with van der Waals surface area (Å²) < 4.78 is 0. The Labute approximate surface area is 127 Å². The van der Waals surface area contributed by atoms with Crippen LogP contribution in [0.3, 0.4) is 0 Å². The van der Waals surface area contributed by atoms with Gasteiger partial charge in [-0.15, -0.1) is 11.3 Å². The van der Waals surface area contributed by atoms with Crippen molar-refractivity contribution in [3.63, 3.8) is 0 Å². The quantitative estimate of drug-likeness (QED) is 0.937. The van der Waals surface area contributed by atoms with Crippen molar-refractivity contribution in [2.45, 2.75) is 13.0 Å². The van der Waals surface area contributed by atoms with Gasteiger partial charge >= 0.3 is 0 Å². The lowest BCUT2D eigenvalue weighted by Gasteiger charge is -2.24. The molecular weight excluding hydrogens is 294 g/mol. The zero-order chi connectivity index (χ0) is 14.7. The van der Waals surface area contributed by atoms with Gasteiger partial charge in [0.05, 0.1) is 11.1 Å². The van der Waals surface area contributed by atoms with E-state index in [1.165, 1.54) is 0 Å². The van der Waals surface area contributed by atoms with E-state index in [4.69, 9.17) is 11.6 Å². The summed E-state index contributed by atoms with van der Waals surface area (Å²) in [4.78, 5) is 19.5. The number of nitrogens with zero attached hydrogens (tertiary/aromatic N) is 2. The van der Waals surface area contributed by atoms with Crippen molar-refractivity contribution in [2.24, 2.45) is 0 Å². The summed E-state index contributed by atoms with van der Waals surface area (Å²) in [6.45, 7) is 1.99. The standard InChI is InChI=1S/C14H16ClN3OS/c1-9(11-5-4-8-20-11)18(3)14(19)13-10(15)6-7-12(16-2)17-13/h4-9H,1-3H3,(H,16,17). The molecule has 0 radical (unpaired) electrons. The molecule has 0 aliphatic carbocycles. The van der Waals surface area contributed by atoms with Crippen molar-refractivity contribution in [3.8, 4) is 0 Å². The first kappa shape index (κ1) is 14.8. The van der Waals surface area contributed by atoms with Gasteiger partial charge in [0, 0.05) is 19.0 Å². The molecule has 0 spiro atoms. The molecule has 1 unspecified atom stereocenters. The Morgan fingerprint density at radius 2 is 2.20 bits per heavy atom. The number of nitrogens with one attached hydrogen (secondary N) is 1. The molecule has 2 heterocycles. The van der Waals surface area contributed by atoms with E-state index in [0.717, 1.165) is 4.88 Å². The van der Waals surface area contributed by atoms with Crippen molar-refractivity contribution >= 4 is 34.7 Å². The van der Waals surface area contributed by atoms with Crippen LogP contribution < -0.4 is 5.32 Å². The predicted molar refractivity (Wildman–Crippen MR) is 83.6 cm³/mol. The molecule has 1 N–H and O–H groups in total. The van der Waals surface area contributed by atoms with Crippen LogP contribution in [0.1, 0.15) is 28.3 Å². The van der Waals surface area contributed by atoms with Gasteiger partial charge in [-0.05, 0) is 30.5 Å². The lowest BCUT2D eigenvalue weighted by molar-refractivity contribution is 0.0739. The molecule has 1 atom stereocenters. The normalized spacial score (nSPS) is 12.0. The van der Waals surface area contributed by atoms with Crippen LogP contribution in [0.4, 0.5) is 5.82 Å². The predicted octanol–water partition coefficient (Wildman–Crippen LogP) is 3.67. The SMILES string of the molecule is CNc1ccc(Cl)c(C(=O)N(C)C(C)c2cccs2)n1. The molecular formula is C14H16ClN3OS. The maximum Gasteiger partial charge on any atom is 0.274 e. The number of aromatic nitrogens is 1. The second-order valence-corrected chi connectivity index (χ2v) is 5.77. The molecule has 1 amide bonds. The highest BCUT2D eigenvalue weighted by molar-refractivity contribution is 7.10. The van der Waals surface area contributed by atoms with E-state index >= 15 is 0 Å². The van der Waals surface area contributed by atoms with Gasteiger partial charge < -0.3 is 10.2 Å². The molecule has 0 saturated carbocycles. The van der Waals surface area contributed by atoms with Crippen LogP contribution in [0, 0.1) is 0 Å². The van der Waals surface area contributed by atoms with Crippen LogP contribution in [0.5, 0.6) is 0 Å². The smallest absolute Gasteiger partial charge is 0.274 e. The van der Waals surface area contributed by atoms with Gasteiger partial charge in [-0.3, -0.25) is 4.79 Å². The summed E-state index contributed by atoms with van der Waals surface area (Å²) in [5, 5.41) is 5.26. The number of pyridine rings is 1. The van der Waals surface area contributed by atoms with E-state index in [-0.39, 0.29) is 17.6 Å². The molecule has 2 rings (SSSR count). The third kappa shape index (κ3) is 2.94. The Bertz CT molecular complexity index is 600. The van der Waals surface area contributed by atoms with Gasteiger partial charge in [-0.1, -0.05) is 17.7 Å². The zero-order valence-electron chi connectivity index (χ0n) is 11.6. The number of carbonyl (C=O) groups excluding carboxylic acids is 1. The largest absolute Gasteiger partial charge is 0.373 e. The molecule has 2 aromatic heterocycles. The van der Waals surface area contributed by atoms with E-state index in [9.17, 15) is 4.79 Å². The summed E-state index contributed by atoms with van der Waals surface area (Å²) >= 11 is 7.71. The maximum absolute atomic E-state index is 12.5. The first-order chi connectivity index (χ1) is 9.54. The summed E-state index contributed by atoms with van der Waals surface area (Å²) in [5.74, 6) is 0.433. The molecule has 6 heteroatoms. The van der Waals surface area contributed by atoms with E-state index in [0.29, 0.717) is 10.8 Å². The first-order valence-corrected chi connectivity index (χ1v) is 7.45. The van der Waals surface area contributed by atoms with E-state index in [1.807, 2.05) is 24.4 Å². The second-order valence-electron chi connectivity index (χ2n) is 4.38. The topological polar surface area (TPSA) is 45.2 Å². The third-order valence-electron chi connectivity index (χ3n) is 3.16. The number of amides is 1. The Hall–Kier alpha value is -1.59. The van der Waals surface area contributed by atoms with Crippen LogP contribution in [0.2, 0.25) is 5.02 Å². The van der Waals surface area contributed by atoms with Crippen molar-refractivity contribution in [3.05, 3.63) is 45.2 Å². The lowest BCUT2D eigenvalue weighted by atomic mass is 10.2. The summed E-state index contributed by atoms with van der Waals surface area (Å²) in [6, 6.07) is 7.39. The van der Waals surface area contributed by atoms with Gasteiger partial charge in [0.1, 0.15) is 11.5 Å². The van der Waals surface area contributed by atoms with Crippen LogP contribution in [0.15, 0.2) is 29.6 Å². The fourth-order valence-electron chi connectivity index (χ4n) is 1.79. The molecule has 0 fully saturated rings. The van der Waals surface area contributed by atoms with Crippen molar-refractivity contribution in [2.75, 3.05) is 19.4 Å². The van der Waals surface area contributed by atoms with Gasteiger partial charge in [0.2, 0.25) is 0 Å². The molecule has 0 aromatic carbocycles. The Kier molecular flexibility index (Phi) is 4.62. The number of halogens is 1. The fraction of sp³-hybridized carbons (Fsp3) is 0.286. The van der Waals surface area contributed by atoms with E-state index < -0.39 is 0 Å². The summed E-state index contributed by atoms with van der Waals surface area (Å²) in [6.07, 6.45) is 0. The van der Waals surface area contributed by atoms with Crippen molar-refractivity contribution in [1.29, 1.82) is 0 Å². The molecule has 0 saturated heterocycles. The Morgan fingerprint density at radius 1 is 1.45 bits per heavy atom. The lowest BCUT2D eigenvalue weighted by Crippen LogP contribution is -2.30. The number of carbonyl (C=O) groups is 1. The highest BCUT2D eigenvalue weighted by Crippen LogP contribution is 2.26. The number of hydrogen-bond acceptors (Lipinski definition) is 4. The minimum Gasteiger partial charge on any atom is -0.373 e. The summed E-state index contributed by atoms with van der Waals surface area (Å²) in [5.41, 5.74) is 0.268. The fourth-order valence-corrected chi connectivity index (χ4v) is 2.81. The zero-order valence-corrected chi connectivity index (χ0v) is 13.1. The van der Waals surface area contributed by atoms with Crippen molar-refractivity contribution < 1.29 is 4.79 Å². The molecule has 106 valence electrons. The first-order valence-electron chi connectivity index (χ1n) is 6.19. The summed E-state index contributed by atoms with van der Waals surface area (Å²) in [7, 11) is 3.51. The Morgan fingerprint density at radius 3 is 2.80 bits per heavy atom. The third-order valence-corrected chi connectivity index (χ3v) is 4.51. The molecule has 4 nitrogen and oxygen atoms in total. The Balaban J connectivity index is 2.26. The molecule has 0 aliphatic heterocycles. The number of thiophene rings is 1.